The molecule has 7 heteroatoms. The van der Waals surface area contributed by atoms with Crippen molar-refractivity contribution in [1.82, 2.24) is 0 Å². The third-order valence-electron chi connectivity index (χ3n) is 5.94. The topological polar surface area (TPSA) is 93.1 Å². The molecular weight excluding hydrogens is 458 g/mol. The highest BCUT2D eigenvalue weighted by atomic mass is 16.5. The molecule has 0 saturated carbocycles. The number of anilines is 1. The van der Waals surface area contributed by atoms with Crippen LogP contribution in [0.2, 0.25) is 0 Å². The van der Waals surface area contributed by atoms with Gasteiger partial charge in [-0.2, -0.15) is 0 Å². The predicted octanol–water partition coefficient (Wildman–Crippen LogP) is 5.20. The Balaban J connectivity index is 1.88. The van der Waals surface area contributed by atoms with Gasteiger partial charge >= 0.3 is 5.97 Å². The molecule has 4 rings (SSSR count). The minimum atomic E-state index is -0.931. The van der Waals surface area contributed by atoms with Gasteiger partial charge in [-0.25, -0.2) is 0 Å². The first-order chi connectivity index (χ1) is 17.3. The number of aliphatic hydroxyl groups is 1. The SMILES string of the molecule is CCOc1ccc(/C(O)=C2/C(=O)C(=O)N(c3ccc(CC)cc3)C2c2cccc(OC(C)=O)c2)cc1. The van der Waals surface area contributed by atoms with Gasteiger partial charge in [-0.05, 0) is 73.0 Å². The molecule has 0 bridgehead atoms. The molecule has 0 aliphatic carbocycles. The molecule has 1 unspecified atom stereocenters. The number of aryl methyl sites for hydroxylation is 1. The monoisotopic (exact) mass is 485 g/mol. The second-order valence-corrected chi connectivity index (χ2v) is 8.31. The summed E-state index contributed by atoms with van der Waals surface area (Å²) in [6.07, 6.45) is 0.824. The minimum Gasteiger partial charge on any atom is -0.507 e. The summed E-state index contributed by atoms with van der Waals surface area (Å²) in [6.45, 7) is 5.68. The summed E-state index contributed by atoms with van der Waals surface area (Å²) in [4.78, 5) is 39.5. The van der Waals surface area contributed by atoms with Crippen molar-refractivity contribution in [2.45, 2.75) is 33.2 Å². The van der Waals surface area contributed by atoms with Crippen LogP contribution in [0.5, 0.6) is 11.5 Å². The second kappa shape index (κ2) is 10.5. The summed E-state index contributed by atoms with van der Waals surface area (Å²) < 4.78 is 10.7. The van der Waals surface area contributed by atoms with Gasteiger partial charge in [0, 0.05) is 18.2 Å². The van der Waals surface area contributed by atoms with Crippen LogP contribution in [0.25, 0.3) is 5.76 Å². The van der Waals surface area contributed by atoms with Gasteiger partial charge in [0.05, 0.1) is 18.2 Å². The summed E-state index contributed by atoms with van der Waals surface area (Å²) in [5.74, 6) is -1.46. The number of ether oxygens (including phenoxy) is 2. The van der Waals surface area contributed by atoms with Crippen LogP contribution in [0, 0.1) is 0 Å². The summed E-state index contributed by atoms with van der Waals surface area (Å²) in [5, 5.41) is 11.3. The molecule has 1 saturated heterocycles. The molecule has 1 N–H and O–H groups in total. The number of amides is 1. The second-order valence-electron chi connectivity index (χ2n) is 8.31. The Hall–Kier alpha value is -4.39. The van der Waals surface area contributed by atoms with E-state index in [2.05, 4.69) is 0 Å². The third-order valence-corrected chi connectivity index (χ3v) is 5.94. The van der Waals surface area contributed by atoms with Crippen molar-refractivity contribution in [1.29, 1.82) is 0 Å². The van der Waals surface area contributed by atoms with Crippen molar-refractivity contribution in [2.24, 2.45) is 0 Å². The van der Waals surface area contributed by atoms with E-state index in [0.29, 0.717) is 29.2 Å². The van der Waals surface area contributed by atoms with Crippen LogP contribution in [0.4, 0.5) is 5.69 Å². The molecule has 1 heterocycles. The van der Waals surface area contributed by atoms with E-state index < -0.39 is 23.7 Å². The first-order valence-electron chi connectivity index (χ1n) is 11.8. The van der Waals surface area contributed by atoms with Gasteiger partial charge in [-0.3, -0.25) is 19.3 Å². The van der Waals surface area contributed by atoms with Crippen molar-refractivity contribution in [3.8, 4) is 11.5 Å². The summed E-state index contributed by atoms with van der Waals surface area (Å²) in [7, 11) is 0. The van der Waals surface area contributed by atoms with Crippen LogP contribution < -0.4 is 14.4 Å². The highest BCUT2D eigenvalue weighted by Gasteiger charge is 2.47. The molecule has 0 radical (unpaired) electrons. The lowest BCUT2D eigenvalue weighted by molar-refractivity contribution is -0.132. The molecular formula is C29H27NO6. The maximum Gasteiger partial charge on any atom is 0.308 e. The number of rotatable bonds is 7. The quantitative estimate of drug-likeness (QED) is 0.163. The van der Waals surface area contributed by atoms with Crippen molar-refractivity contribution >= 4 is 29.1 Å². The summed E-state index contributed by atoms with van der Waals surface area (Å²) in [5.41, 5.74) is 2.43. The van der Waals surface area contributed by atoms with Gasteiger partial charge in [0.15, 0.2) is 0 Å². The van der Waals surface area contributed by atoms with E-state index in [1.807, 2.05) is 26.0 Å². The van der Waals surface area contributed by atoms with Crippen LogP contribution in [0.3, 0.4) is 0 Å². The molecule has 1 aliphatic heterocycles. The largest absolute Gasteiger partial charge is 0.507 e. The summed E-state index contributed by atoms with van der Waals surface area (Å²) >= 11 is 0. The normalized spacial score (nSPS) is 16.8. The molecule has 3 aromatic rings. The number of Topliss-reactive ketones (excluding diaryl/α,β-unsaturated/α-hetero) is 1. The maximum atomic E-state index is 13.3. The minimum absolute atomic E-state index is 0.0521. The standard InChI is InChI=1S/C29H27NO6/c1-4-19-9-13-22(14-10-19)30-26(21-7-6-8-24(17-21)36-18(3)31)25(28(33)29(30)34)27(32)20-11-15-23(16-12-20)35-5-2/h6-17,26,32H,4-5H2,1-3H3/b27-25-. The summed E-state index contributed by atoms with van der Waals surface area (Å²) in [6, 6.07) is 19.7. The van der Waals surface area contributed by atoms with Crippen molar-refractivity contribution in [3.05, 3.63) is 95.1 Å². The van der Waals surface area contributed by atoms with E-state index in [1.165, 1.54) is 11.8 Å². The molecule has 7 nitrogen and oxygen atoms in total. The number of nitrogens with zero attached hydrogens (tertiary/aromatic N) is 1. The van der Waals surface area contributed by atoms with Gasteiger partial charge in [-0.1, -0.05) is 31.2 Å². The number of esters is 1. The number of carbonyl (C=O) groups excluding carboxylic acids is 3. The van der Waals surface area contributed by atoms with E-state index in [9.17, 15) is 19.5 Å². The average Bonchev–Trinajstić information content (AvgIpc) is 3.14. The van der Waals surface area contributed by atoms with Crippen molar-refractivity contribution < 1.29 is 29.0 Å². The Kier molecular flexibility index (Phi) is 7.20. The third kappa shape index (κ3) is 4.86. The van der Waals surface area contributed by atoms with Crippen LogP contribution in [-0.4, -0.2) is 29.4 Å². The Morgan fingerprint density at radius 1 is 0.944 bits per heavy atom. The molecule has 1 atom stereocenters. The molecule has 0 aromatic heterocycles. The Morgan fingerprint density at radius 3 is 2.25 bits per heavy atom. The fourth-order valence-electron chi connectivity index (χ4n) is 4.25. The van der Waals surface area contributed by atoms with Gasteiger partial charge in [0.2, 0.25) is 0 Å². The lowest BCUT2D eigenvalue weighted by Gasteiger charge is -2.26. The van der Waals surface area contributed by atoms with Crippen molar-refractivity contribution in [2.75, 3.05) is 11.5 Å². The van der Waals surface area contributed by atoms with Crippen molar-refractivity contribution in [3.63, 3.8) is 0 Å². The highest BCUT2D eigenvalue weighted by molar-refractivity contribution is 6.51. The van der Waals surface area contributed by atoms with E-state index in [1.54, 1.807) is 60.7 Å². The van der Waals surface area contributed by atoms with Crippen LogP contribution in [0.1, 0.15) is 43.5 Å². The number of benzene rings is 3. The average molecular weight is 486 g/mol. The zero-order valence-corrected chi connectivity index (χ0v) is 20.4. The van der Waals surface area contributed by atoms with Crippen LogP contribution in [-0.2, 0) is 20.8 Å². The predicted molar refractivity (Wildman–Crippen MR) is 136 cm³/mol. The number of ketones is 1. The fourth-order valence-corrected chi connectivity index (χ4v) is 4.25. The number of carbonyl (C=O) groups is 3. The van der Waals surface area contributed by atoms with E-state index in [4.69, 9.17) is 9.47 Å². The maximum absolute atomic E-state index is 13.3. The molecule has 36 heavy (non-hydrogen) atoms. The zero-order chi connectivity index (χ0) is 25.8. The molecule has 1 fully saturated rings. The first-order valence-corrected chi connectivity index (χ1v) is 11.8. The molecule has 1 aliphatic rings. The van der Waals surface area contributed by atoms with Crippen LogP contribution >= 0.6 is 0 Å². The molecule has 184 valence electrons. The van der Waals surface area contributed by atoms with E-state index in [0.717, 1.165) is 12.0 Å². The van der Waals surface area contributed by atoms with Gasteiger partial charge < -0.3 is 14.6 Å². The Labute approximate surface area is 209 Å². The Morgan fingerprint density at radius 2 is 1.64 bits per heavy atom. The van der Waals surface area contributed by atoms with Gasteiger partial charge in [0.25, 0.3) is 11.7 Å². The first kappa shape index (κ1) is 24.7. The van der Waals surface area contributed by atoms with Gasteiger partial charge in [-0.15, -0.1) is 0 Å². The zero-order valence-electron chi connectivity index (χ0n) is 20.4. The molecule has 0 spiro atoms. The lowest BCUT2D eigenvalue weighted by Crippen LogP contribution is -2.29. The highest BCUT2D eigenvalue weighted by Crippen LogP contribution is 2.43. The molecule has 3 aromatic carbocycles. The number of hydrogen-bond acceptors (Lipinski definition) is 6. The lowest BCUT2D eigenvalue weighted by atomic mass is 9.95. The van der Waals surface area contributed by atoms with E-state index >= 15 is 0 Å². The van der Waals surface area contributed by atoms with Gasteiger partial charge in [0.1, 0.15) is 17.3 Å². The van der Waals surface area contributed by atoms with Crippen LogP contribution in [0.15, 0.2) is 78.4 Å². The fraction of sp³-hybridized carbons (Fsp3) is 0.207. The number of hydrogen-bond donors (Lipinski definition) is 1. The Bertz CT molecular complexity index is 1320. The smallest absolute Gasteiger partial charge is 0.308 e. The number of aliphatic hydroxyl groups excluding tert-OH is 1. The molecule has 1 amide bonds. The van der Waals surface area contributed by atoms with E-state index in [-0.39, 0.29) is 17.1 Å².